The van der Waals surface area contributed by atoms with E-state index < -0.39 is 0 Å². The van der Waals surface area contributed by atoms with Crippen LogP contribution in [-0.4, -0.2) is 37.4 Å². The van der Waals surface area contributed by atoms with Crippen molar-refractivity contribution < 1.29 is 14.4 Å². The molecule has 4 rings (SSSR count). The molecule has 0 bridgehead atoms. The van der Waals surface area contributed by atoms with Gasteiger partial charge in [0.05, 0.1) is 23.7 Å². The molecule has 2 aromatic heterocycles. The van der Waals surface area contributed by atoms with Crippen molar-refractivity contribution in [3.63, 3.8) is 0 Å². The van der Waals surface area contributed by atoms with Crippen LogP contribution in [0.1, 0.15) is 23.7 Å². The van der Waals surface area contributed by atoms with Crippen molar-refractivity contribution in [2.45, 2.75) is 32.9 Å². The molecule has 0 aromatic carbocycles. The highest BCUT2D eigenvalue weighted by Crippen LogP contribution is 2.36. The molecule has 2 aliphatic rings. The molecule has 7 nitrogen and oxygen atoms in total. The van der Waals surface area contributed by atoms with E-state index in [1.807, 2.05) is 9.58 Å². The number of aliphatic hydroxyl groups excluding tert-OH is 1. The monoisotopic (exact) mass is 314 g/mol. The van der Waals surface area contributed by atoms with Crippen LogP contribution in [-0.2, 0) is 30.7 Å². The van der Waals surface area contributed by atoms with Crippen LogP contribution >= 0.6 is 0 Å². The number of rotatable bonds is 1. The van der Waals surface area contributed by atoms with Crippen molar-refractivity contribution in [3.05, 3.63) is 35.4 Å². The van der Waals surface area contributed by atoms with Gasteiger partial charge in [0.1, 0.15) is 12.0 Å². The molecule has 0 aliphatic carbocycles. The number of nitrogens with zero attached hydrogens (tertiary/aromatic N) is 4. The maximum atomic E-state index is 11.7. The Morgan fingerprint density at radius 1 is 1.52 bits per heavy atom. The number of amides is 1. The first kappa shape index (κ1) is 14.0. The molecule has 1 atom stereocenters. The molecule has 23 heavy (non-hydrogen) atoms. The van der Waals surface area contributed by atoms with Crippen LogP contribution in [0.5, 0.6) is 0 Å². The first-order valence-corrected chi connectivity index (χ1v) is 7.70. The van der Waals surface area contributed by atoms with Crippen LogP contribution < -0.4 is 0 Å². The van der Waals surface area contributed by atoms with Gasteiger partial charge in [0.15, 0.2) is 0 Å². The van der Waals surface area contributed by atoms with Gasteiger partial charge in [0, 0.05) is 43.5 Å². The lowest BCUT2D eigenvalue weighted by Gasteiger charge is -2.25. The molecule has 1 amide bonds. The molecule has 1 N–H and O–H groups in total. The number of hydrogen-bond acceptors (Lipinski definition) is 5. The number of carbonyl (C=O) groups is 1. The summed E-state index contributed by atoms with van der Waals surface area (Å²) in [6.45, 7) is 7.03. The van der Waals surface area contributed by atoms with Gasteiger partial charge in [0.25, 0.3) is 0 Å². The highest BCUT2D eigenvalue weighted by molar-refractivity contribution is 5.74. The third-order valence-electron chi connectivity index (χ3n) is 4.74. The zero-order chi connectivity index (χ0) is 16.1. The molecule has 0 saturated carbocycles. The van der Waals surface area contributed by atoms with Crippen molar-refractivity contribution in [2.24, 2.45) is 5.92 Å². The second kappa shape index (κ2) is 4.97. The van der Waals surface area contributed by atoms with E-state index in [4.69, 9.17) is 9.62 Å². The second-order valence-electron chi connectivity index (χ2n) is 6.23. The van der Waals surface area contributed by atoms with Crippen LogP contribution in [0.3, 0.4) is 0 Å². The molecular weight excluding hydrogens is 296 g/mol. The summed E-state index contributed by atoms with van der Waals surface area (Å²) in [7, 11) is 0. The van der Waals surface area contributed by atoms with Crippen LogP contribution in [0.25, 0.3) is 11.4 Å². The fraction of sp³-hybridized carbons (Fsp3) is 0.438. The maximum Gasteiger partial charge on any atom is 0.219 e. The molecule has 0 spiro atoms. The van der Waals surface area contributed by atoms with E-state index in [1.165, 1.54) is 0 Å². The van der Waals surface area contributed by atoms with Crippen molar-refractivity contribution >= 4 is 5.91 Å². The van der Waals surface area contributed by atoms with Gasteiger partial charge in [-0.1, -0.05) is 11.7 Å². The summed E-state index contributed by atoms with van der Waals surface area (Å²) in [5, 5.41) is 18.7. The molecule has 0 radical (unpaired) electrons. The molecule has 7 heteroatoms. The quantitative estimate of drug-likeness (QED) is 0.810. The summed E-state index contributed by atoms with van der Waals surface area (Å²) >= 11 is 0. The second-order valence-corrected chi connectivity index (χ2v) is 6.23. The zero-order valence-electron chi connectivity index (χ0n) is 12.9. The summed E-state index contributed by atoms with van der Waals surface area (Å²) in [5.41, 5.74) is 4.62. The SMILES string of the molecule is C=C(O)C1Cc2conc2-c2c3c(nn2C1)CCN(C(C)=O)C3. The van der Waals surface area contributed by atoms with Gasteiger partial charge in [-0.25, -0.2) is 0 Å². The number of aliphatic hydroxyl groups is 1. The minimum absolute atomic E-state index is 0.0613. The number of hydrogen-bond donors (Lipinski definition) is 1. The van der Waals surface area contributed by atoms with E-state index in [1.54, 1.807) is 13.2 Å². The number of carbonyl (C=O) groups excluding carboxylic acids is 1. The Kier molecular flexibility index (Phi) is 3.04. The average Bonchev–Trinajstić information content (AvgIpc) is 3.06. The largest absolute Gasteiger partial charge is 0.513 e. The van der Waals surface area contributed by atoms with E-state index in [0.717, 1.165) is 34.6 Å². The van der Waals surface area contributed by atoms with Crippen LogP contribution in [0.15, 0.2) is 23.1 Å². The topological polar surface area (TPSA) is 84.4 Å². The molecule has 1 unspecified atom stereocenters. The van der Waals surface area contributed by atoms with Gasteiger partial charge in [0.2, 0.25) is 5.91 Å². The number of aromatic nitrogens is 3. The summed E-state index contributed by atoms with van der Waals surface area (Å²) in [5.74, 6) is 0.0784. The van der Waals surface area contributed by atoms with Crippen molar-refractivity contribution in [1.82, 2.24) is 19.8 Å². The standard InChI is InChI=1S/C16H18N4O3/c1-9(21)11-5-12-8-23-18-15(12)16-13-7-19(10(2)22)4-3-14(13)17-20(16)6-11/h8,11,21H,1,3-7H2,2H3. The van der Waals surface area contributed by atoms with Gasteiger partial charge in [-0.15, -0.1) is 0 Å². The Morgan fingerprint density at radius 2 is 2.35 bits per heavy atom. The predicted molar refractivity (Wildman–Crippen MR) is 81.5 cm³/mol. The Hall–Kier alpha value is -2.57. The first-order valence-electron chi connectivity index (χ1n) is 7.70. The Morgan fingerprint density at radius 3 is 3.09 bits per heavy atom. The minimum atomic E-state index is -0.125. The predicted octanol–water partition coefficient (Wildman–Crippen LogP) is 1.69. The average molecular weight is 314 g/mol. The number of allylic oxidation sites excluding steroid dienone is 1. The normalized spacial score (nSPS) is 19.5. The van der Waals surface area contributed by atoms with Gasteiger partial charge >= 0.3 is 0 Å². The van der Waals surface area contributed by atoms with Gasteiger partial charge in [-0.2, -0.15) is 5.10 Å². The summed E-state index contributed by atoms with van der Waals surface area (Å²) in [6, 6.07) is 0. The van der Waals surface area contributed by atoms with Crippen molar-refractivity contribution in [2.75, 3.05) is 6.54 Å². The van der Waals surface area contributed by atoms with Gasteiger partial charge < -0.3 is 14.5 Å². The van der Waals surface area contributed by atoms with Crippen molar-refractivity contribution in [3.8, 4) is 11.4 Å². The summed E-state index contributed by atoms with van der Waals surface area (Å²) in [6.07, 6.45) is 2.96. The highest BCUT2D eigenvalue weighted by atomic mass is 16.5. The molecular formula is C16H18N4O3. The first-order chi connectivity index (χ1) is 11.0. The molecule has 0 fully saturated rings. The molecule has 0 saturated heterocycles. The van der Waals surface area contributed by atoms with Crippen LogP contribution in [0.4, 0.5) is 0 Å². The van der Waals surface area contributed by atoms with Crippen molar-refractivity contribution in [1.29, 1.82) is 0 Å². The van der Waals surface area contributed by atoms with E-state index in [9.17, 15) is 9.90 Å². The smallest absolute Gasteiger partial charge is 0.219 e. The zero-order valence-corrected chi connectivity index (χ0v) is 12.9. The third-order valence-corrected chi connectivity index (χ3v) is 4.74. The lowest BCUT2D eigenvalue weighted by Crippen LogP contribution is -2.34. The number of fused-ring (bicyclic) bond motifs is 5. The third kappa shape index (κ3) is 2.15. The molecule has 120 valence electrons. The highest BCUT2D eigenvalue weighted by Gasteiger charge is 2.33. The Balaban J connectivity index is 1.86. The lowest BCUT2D eigenvalue weighted by atomic mass is 9.98. The summed E-state index contributed by atoms with van der Waals surface area (Å²) < 4.78 is 7.04. The lowest BCUT2D eigenvalue weighted by molar-refractivity contribution is -0.129. The Labute approximate surface area is 133 Å². The molecule has 2 aliphatic heterocycles. The van der Waals surface area contributed by atoms with Gasteiger partial charge in [-0.05, 0) is 6.42 Å². The van der Waals surface area contributed by atoms with E-state index in [2.05, 4.69) is 11.7 Å². The van der Waals surface area contributed by atoms with Crippen LogP contribution in [0, 0.1) is 5.92 Å². The Bertz CT molecular complexity index is 804. The van der Waals surface area contributed by atoms with Gasteiger partial charge in [-0.3, -0.25) is 9.48 Å². The summed E-state index contributed by atoms with van der Waals surface area (Å²) in [4.78, 5) is 13.5. The maximum absolute atomic E-state index is 11.7. The molecule has 4 heterocycles. The fourth-order valence-electron chi connectivity index (χ4n) is 3.45. The molecule has 2 aromatic rings. The minimum Gasteiger partial charge on any atom is -0.513 e. The van der Waals surface area contributed by atoms with E-state index in [0.29, 0.717) is 26.1 Å². The van der Waals surface area contributed by atoms with E-state index >= 15 is 0 Å². The van der Waals surface area contributed by atoms with Crippen LogP contribution in [0.2, 0.25) is 0 Å². The fourth-order valence-corrected chi connectivity index (χ4v) is 3.45. The van der Waals surface area contributed by atoms with E-state index in [-0.39, 0.29) is 17.6 Å².